The highest BCUT2D eigenvalue weighted by atomic mass is 19.1. The van der Waals surface area contributed by atoms with Gasteiger partial charge in [0, 0.05) is 14.1 Å². The first-order valence-electron chi connectivity index (χ1n) is 9.17. The second-order valence-electron chi connectivity index (χ2n) is 7.43. The maximum absolute atomic E-state index is 14.1. The van der Waals surface area contributed by atoms with Crippen molar-refractivity contribution in [1.29, 1.82) is 0 Å². The molecule has 0 unspecified atom stereocenters. The summed E-state index contributed by atoms with van der Waals surface area (Å²) in [5.74, 6) is -1.42. The number of hydrogen-bond acceptors (Lipinski definition) is 5. The van der Waals surface area contributed by atoms with Crippen LogP contribution in [0.4, 0.5) is 4.39 Å². The van der Waals surface area contributed by atoms with E-state index in [2.05, 4.69) is 0 Å². The van der Waals surface area contributed by atoms with E-state index in [1.165, 1.54) is 45.0 Å². The van der Waals surface area contributed by atoms with Crippen molar-refractivity contribution in [3.8, 4) is 5.75 Å². The molecule has 0 spiro atoms. The lowest BCUT2D eigenvalue weighted by molar-refractivity contribution is 0.245. The van der Waals surface area contributed by atoms with Crippen molar-refractivity contribution in [1.82, 2.24) is 27.9 Å². The number of halogens is 1. The first-order chi connectivity index (χ1) is 14.2. The average Bonchev–Trinajstić information content (AvgIpc) is 3.09. The van der Waals surface area contributed by atoms with Gasteiger partial charge < -0.3 is 5.11 Å². The van der Waals surface area contributed by atoms with Crippen molar-refractivity contribution in [3.63, 3.8) is 0 Å². The number of nitrogens with zero attached hydrogens (tertiary/aromatic N) is 6. The van der Waals surface area contributed by atoms with E-state index in [0.29, 0.717) is 11.1 Å². The molecule has 1 aromatic carbocycles. The van der Waals surface area contributed by atoms with Crippen LogP contribution in [0.1, 0.15) is 17.6 Å². The molecule has 3 aromatic rings. The number of hydrogen-bond donors (Lipinski definition) is 1. The topological polar surface area (TPSA) is 118 Å². The Morgan fingerprint density at radius 3 is 2.23 bits per heavy atom. The van der Waals surface area contributed by atoms with E-state index in [0.717, 1.165) is 15.2 Å². The van der Waals surface area contributed by atoms with E-state index >= 15 is 0 Å². The van der Waals surface area contributed by atoms with Crippen molar-refractivity contribution in [2.24, 2.45) is 14.1 Å². The average molecular weight is 416 g/mol. The Balaban J connectivity index is 1.84. The number of fused-ring (bicyclic) bond motifs is 4. The molecule has 0 saturated heterocycles. The first-order valence-corrected chi connectivity index (χ1v) is 9.17. The fraction of sp³-hybridized carbons (Fsp3) is 0.333. The highest BCUT2D eigenvalue weighted by Crippen LogP contribution is 2.39. The molecule has 0 radical (unpaired) electrons. The molecular formula is C18H17FN6O5. The molecule has 12 heteroatoms. The second-order valence-corrected chi connectivity index (χ2v) is 7.43. The van der Waals surface area contributed by atoms with Crippen molar-refractivity contribution < 1.29 is 9.50 Å². The van der Waals surface area contributed by atoms with Crippen LogP contribution in [0, 0.1) is 5.82 Å². The van der Waals surface area contributed by atoms with E-state index in [1.54, 1.807) is 6.08 Å². The van der Waals surface area contributed by atoms with Crippen LogP contribution in [0.2, 0.25) is 0 Å². The lowest BCUT2D eigenvalue weighted by Crippen LogP contribution is -2.46. The summed E-state index contributed by atoms with van der Waals surface area (Å²) >= 11 is 0. The van der Waals surface area contributed by atoms with Crippen LogP contribution in [0.15, 0.2) is 49.0 Å². The Hall–Kier alpha value is -3.83. The summed E-state index contributed by atoms with van der Waals surface area (Å²) in [6.07, 6.45) is 1.72. The van der Waals surface area contributed by atoms with Gasteiger partial charge in [0.05, 0.1) is 19.1 Å². The van der Waals surface area contributed by atoms with Crippen molar-refractivity contribution in [2.45, 2.75) is 25.2 Å². The van der Waals surface area contributed by atoms with E-state index in [4.69, 9.17) is 0 Å². The number of phenols is 1. The predicted molar refractivity (Wildman–Crippen MR) is 101 cm³/mol. The van der Waals surface area contributed by atoms with Crippen LogP contribution in [-0.4, -0.2) is 33.0 Å². The minimum Gasteiger partial charge on any atom is -0.505 e. The summed E-state index contributed by atoms with van der Waals surface area (Å²) in [6, 6.07) is 2.10. The molecule has 0 aliphatic carbocycles. The van der Waals surface area contributed by atoms with Gasteiger partial charge in [-0.2, -0.15) is 0 Å². The van der Waals surface area contributed by atoms with E-state index in [1.807, 2.05) is 0 Å². The third kappa shape index (κ3) is 2.12. The van der Waals surface area contributed by atoms with E-state index in [9.17, 15) is 28.7 Å². The Kier molecular flexibility index (Phi) is 3.55. The molecule has 0 saturated carbocycles. The molecule has 30 heavy (non-hydrogen) atoms. The second kappa shape index (κ2) is 5.84. The van der Waals surface area contributed by atoms with Gasteiger partial charge in [-0.15, -0.1) is 0 Å². The molecule has 0 bridgehead atoms. The lowest BCUT2D eigenvalue weighted by atomic mass is 9.90. The van der Waals surface area contributed by atoms with Gasteiger partial charge in [-0.25, -0.2) is 51.4 Å². The minimum absolute atomic E-state index is 0.0405. The number of phenolic OH excluding ortho intramolecular Hbond substituents is 1. The maximum Gasteiger partial charge on any atom is 0.347 e. The molecule has 1 N–H and O–H groups in total. The van der Waals surface area contributed by atoms with Gasteiger partial charge in [0.1, 0.15) is 6.04 Å². The smallest absolute Gasteiger partial charge is 0.347 e. The van der Waals surface area contributed by atoms with Gasteiger partial charge in [0.15, 0.2) is 11.6 Å². The summed E-state index contributed by atoms with van der Waals surface area (Å²) in [7, 11) is 2.70. The number of aromatic nitrogens is 6. The quantitative estimate of drug-likeness (QED) is 0.492. The van der Waals surface area contributed by atoms with Crippen molar-refractivity contribution in [2.75, 3.05) is 0 Å². The lowest BCUT2D eigenvalue weighted by Gasteiger charge is -2.37. The number of aromatic hydroxyl groups is 1. The molecule has 2 aliphatic rings. The van der Waals surface area contributed by atoms with E-state index in [-0.39, 0.29) is 13.1 Å². The molecule has 2 aromatic heterocycles. The van der Waals surface area contributed by atoms with Crippen LogP contribution in [-0.2, 0) is 27.2 Å². The van der Waals surface area contributed by atoms with Crippen LogP contribution >= 0.6 is 0 Å². The summed E-state index contributed by atoms with van der Waals surface area (Å²) < 4.78 is 21.0. The summed E-state index contributed by atoms with van der Waals surface area (Å²) in [6.45, 7) is 0.0464. The zero-order valence-electron chi connectivity index (χ0n) is 16.0. The summed E-state index contributed by atoms with van der Waals surface area (Å²) in [5, 5.41) is 9.57. The Labute approximate surface area is 166 Å². The molecule has 5 rings (SSSR count). The van der Waals surface area contributed by atoms with Crippen molar-refractivity contribution in [3.05, 3.63) is 83.2 Å². The van der Waals surface area contributed by atoms with Gasteiger partial charge >= 0.3 is 22.8 Å². The molecule has 2 aliphatic heterocycles. The Morgan fingerprint density at radius 1 is 0.933 bits per heavy atom. The Morgan fingerprint density at radius 2 is 1.57 bits per heavy atom. The largest absolute Gasteiger partial charge is 0.505 e. The fourth-order valence-electron chi connectivity index (χ4n) is 4.37. The van der Waals surface area contributed by atoms with Crippen LogP contribution in [0.5, 0.6) is 5.75 Å². The van der Waals surface area contributed by atoms with Crippen molar-refractivity contribution >= 4 is 0 Å². The van der Waals surface area contributed by atoms with Gasteiger partial charge in [-0.1, -0.05) is 12.1 Å². The first kappa shape index (κ1) is 18.2. The predicted octanol–water partition coefficient (Wildman–Crippen LogP) is -1.36. The Bertz CT molecular complexity index is 1490. The fourth-order valence-corrected chi connectivity index (χ4v) is 4.37. The molecular weight excluding hydrogens is 399 g/mol. The third-order valence-electron chi connectivity index (χ3n) is 5.88. The number of rotatable bonds is 1. The van der Waals surface area contributed by atoms with Crippen LogP contribution < -0.4 is 22.8 Å². The normalized spacial score (nSPS) is 19.8. The molecule has 0 amide bonds. The zero-order valence-corrected chi connectivity index (χ0v) is 16.0. The molecule has 11 nitrogen and oxygen atoms in total. The number of allylic oxidation sites excluding steroid dienone is 2. The summed E-state index contributed by atoms with van der Waals surface area (Å²) in [5.41, 5.74) is -1.33. The molecule has 2 atom stereocenters. The summed E-state index contributed by atoms with van der Waals surface area (Å²) in [4.78, 5) is 50.6. The standard InChI is InChI=1S/C18H17FN6O5/c1-20-15(27)22-6-5-10-12(24(22)17(20)29)8-23-16(28)21(2)18(30)25(23)14(10)9-3-4-13(26)11(19)7-9/h3-5,7,12,14,26H,6,8H2,1-2H3/t12-,14+/m1/s1. The monoisotopic (exact) mass is 416 g/mol. The highest BCUT2D eigenvalue weighted by Gasteiger charge is 2.40. The van der Waals surface area contributed by atoms with Crippen LogP contribution in [0.25, 0.3) is 0 Å². The SMILES string of the molecule is Cn1c(=O)n2n(c1=O)[C@@H]1Cn3c(=O)n(C)c(=O)n3[C@@H](c3ccc(O)c(F)c3)C1=CC2. The highest BCUT2D eigenvalue weighted by molar-refractivity contribution is 5.37. The molecule has 0 fully saturated rings. The maximum atomic E-state index is 14.1. The minimum atomic E-state index is -0.892. The number of benzene rings is 1. The molecule has 156 valence electrons. The molecule has 4 heterocycles. The zero-order chi connectivity index (χ0) is 21.5. The van der Waals surface area contributed by atoms with E-state index < -0.39 is 46.4 Å². The van der Waals surface area contributed by atoms with Gasteiger partial charge in [0.2, 0.25) is 0 Å². The van der Waals surface area contributed by atoms with Crippen LogP contribution in [0.3, 0.4) is 0 Å². The van der Waals surface area contributed by atoms with Gasteiger partial charge in [0.25, 0.3) is 0 Å². The van der Waals surface area contributed by atoms with Gasteiger partial charge in [-0.05, 0) is 23.3 Å². The van der Waals surface area contributed by atoms with Gasteiger partial charge in [-0.3, -0.25) is 0 Å². The third-order valence-corrected chi connectivity index (χ3v) is 5.88.